The van der Waals surface area contributed by atoms with Crippen molar-refractivity contribution in [3.8, 4) is 0 Å². The predicted octanol–water partition coefficient (Wildman–Crippen LogP) is 4.92. The van der Waals surface area contributed by atoms with Gasteiger partial charge >= 0.3 is 5.97 Å². The number of thioether (sulfide) groups is 2. The van der Waals surface area contributed by atoms with Gasteiger partial charge in [0.2, 0.25) is 0 Å². The Bertz CT molecular complexity index is 1080. The number of hydrogen-bond acceptors (Lipinski definition) is 4. The number of aryl methyl sites for hydroxylation is 1. The third-order valence-corrected chi connectivity index (χ3v) is 7.07. The van der Waals surface area contributed by atoms with Crippen molar-refractivity contribution in [3.63, 3.8) is 0 Å². The SMILES string of the molecule is Cc1cccc(SCC2=NC(Cc3cc4ccc(F)cc4[nH]3)(C(=O)O)CS2)c1. The molecular formula is C21H19FN2O2S2. The smallest absolute Gasteiger partial charge is 0.332 e. The first-order valence-corrected chi connectivity index (χ1v) is 10.8. The summed E-state index contributed by atoms with van der Waals surface area (Å²) in [6, 6.07) is 14.6. The van der Waals surface area contributed by atoms with Gasteiger partial charge in [-0.2, -0.15) is 0 Å². The van der Waals surface area contributed by atoms with Crippen molar-refractivity contribution >= 4 is 45.4 Å². The van der Waals surface area contributed by atoms with Crippen molar-refractivity contribution in [2.24, 2.45) is 4.99 Å². The van der Waals surface area contributed by atoms with Crippen LogP contribution >= 0.6 is 23.5 Å². The maximum Gasteiger partial charge on any atom is 0.332 e. The second-order valence-electron chi connectivity index (χ2n) is 6.94. The number of aromatic amines is 1. The van der Waals surface area contributed by atoms with Gasteiger partial charge in [-0.15, -0.1) is 23.5 Å². The summed E-state index contributed by atoms with van der Waals surface area (Å²) in [7, 11) is 0. The van der Waals surface area contributed by atoms with Crippen LogP contribution in [0, 0.1) is 12.7 Å². The number of carboxylic acid groups (broad SMARTS) is 1. The zero-order valence-electron chi connectivity index (χ0n) is 15.2. The van der Waals surface area contributed by atoms with E-state index >= 15 is 0 Å². The van der Waals surface area contributed by atoms with E-state index in [1.165, 1.54) is 29.5 Å². The molecular weight excluding hydrogens is 395 g/mol. The van der Waals surface area contributed by atoms with Crippen LogP contribution in [0.5, 0.6) is 0 Å². The number of nitrogens with zero attached hydrogens (tertiary/aromatic N) is 1. The molecule has 0 bridgehead atoms. The molecule has 2 N–H and O–H groups in total. The van der Waals surface area contributed by atoms with Gasteiger partial charge in [-0.05, 0) is 48.7 Å². The fourth-order valence-electron chi connectivity index (χ4n) is 3.28. The summed E-state index contributed by atoms with van der Waals surface area (Å²) in [6.07, 6.45) is 0.254. The van der Waals surface area contributed by atoms with Crippen LogP contribution in [-0.4, -0.2) is 38.1 Å². The lowest BCUT2D eigenvalue weighted by Crippen LogP contribution is -2.39. The number of halogens is 1. The number of rotatable bonds is 6. The summed E-state index contributed by atoms with van der Waals surface area (Å²) >= 11 is 3.17. The van der Waals surface area contributed by atoms with Crippen LogP contribution in [0.3, 0.4) is 0 Å². The molecule has 28 heavy (non-hydrogen) atoms. The molecule has 4 nitrogen and oxygen atoms in total. The molecule has 1 atom stereocenters. The number of nitrogens with one attached hydrogen (secondary N) is 1. The van der Waals surface area contributed by atoms with Gasteiger partial charge in [-0.3, -0.25) is 4.99 Å². The van der Waals surface area contributed by atoms with E-state index < -0.39 is 11.5 Å². The molecule has 0 aliphatic carbocycles. The molecule has 0 spiro atoms. The monoisotopic (exact) mass is 414 g/mol. The molecule has 1 aliphatic heterocycles. The van der Waals surface area contributed by atoms with Crippen LogP contribution < -0.4 is 0 Å². The number of aliphatic carboxylic acids is 1. The lowest BCUT2D eigenvalue weighted by molar-refractivity contribution is -0.142. The number of fused-ring (bicyclic) bond motifs is 1. The van der Waals surface area contributed by atoms with E-state index in [1.54, 1.807) is 17.8 Å². The zero-order valence-corrected chi connectivity index (χ0v) is 16.9. The number of aromatic nitrogens is 1. The van der Waals surface area contributed by atoms with Gasteiger partial charge in [0.15, 0.2) is 5.54 Å². The third-order valence-electron chi connectivity index (χ3n) is 4.69. The van der Waals surface area contributed by atoms with Crippen molar-refractivity contribution in [3.05, 3.63) is 65.6 Å². The van der Waals surface area contributed by atoms with Crippen molar-refractivity contribution < 1.29 is 14.3 Å². The minimum absolute atomic E-state index is 0.254. The average Bonchev–Trinajstić information content (AvgIpc) is 3.24. The van der Waals surface area contributed by atoms with E-state index in [1.807, 2.05) is 31.2 Å². The standard InChI is InChI=1S/C21H19FN2O2S2/c1-13-3-2-4-17(7-13)27-11-19-24-21(12-28-19,20(25)26)10-16-8-14-5-6-15(22)9-18(14)23-16/h2-9,23H,10-12H2,1H3,(H,25,26). The summed E-state index contributed by atoms with van der Waals surface area (Å²) in [6.45, 7) is 2.05. The van der Waals surface area contributed by atoms with Gasteiger partial charge < -0.3 is 10.1 Å². The molecule has 0 saturated heterocycles. The molecule has 3 aromatic rings. The van der Waals surface area contributed by atoms with Crippen molar-refractivity contribution in [1.29, 1.82) is 0 Å². The highest BCUT2D eigenvalue weighted by atomic mass is 32.2. The fraction of sp³-hybridized carbons (Fsp3) is 0.238. The highest BCUT2D eigenvalue weighted by Gasteiger charge is 2.43. The predicted molar refractivity (Wildman–Crippen MR) is 114 cm³/mol. The minimum Gasteiger partial charge on any atom is -0.479 e. The Morgan fingerprint density at radius 1 is 1.32 bits per heavy atom. The summed E-state index contributed by atoms with van der Waals surface area (Å²) in [5.41, 5.74) is 1.42. The first-order valence-electron chi connectivity index (χ1n) is 8.85. The molecule has 0 radical (unpaired) electrons. The van der Waals surface area contributed by atoms with E-state index in [2.05, 4.69) is 16.0 Å². The Hall–Kier alpha value is -2.25. The number of carboxylic acids is 1. The minimum atomic E-state index is -1.19. The summed E-state index contributed by atoms with van der Waals surface area (Å²) < 4.78 is 13.4. The van der Waals surface area contributed by atoms with Gasteiger partial charge in [-0.1, -0.05) is 17.7 Å². The van der Waals surface area contributed by atoms with Crippen molar-refractivity contribution in [2.45, 2.75) is 23.8 Å². The lowest BCUT2D eigenvalue weighted by Gasteiger charge is -2.19. The normalized spacial score (nSPS) is 19.1. The van der Waals surface area contributed by atoms with Crippen molar-refractivity contribution in [1.82, 2.24) is 4.98 Å². The van der Waals surface area contributed by atoms with E-state index in [-0.39, 0.29) is 12.2 Å². The summed E-state index contributed by atoms with van der Waals surface area (Å²) in [4.78, 5) is 20.9. The molecule has 1 aliphatic rings. The number of benzene rings is 2. The zero-order chi connectivity index (χ0) is 19.7. The third kappa shape index (κ3) is 3.95. The molecule has 144 valence electrons. The highest BCUT2D eigenvalue weighted by molar-refractivity contribution is 8.16. The Morgan fingerprint density at radius 2 is 2.18 bits per heavy atom. The Morgan fingerprint density at radius 3 is 2.96 bits per heavy atom. The first-order chi connectivity index (χ1) is 13.4. The second-order valence-corrected chi connectivity index (χ2v) is 9.04. The Labute approximate surface area is 170 Å². The molecule has 0 fully saturated rings. The molecule has 2 heterocycles. The quantitative estimate of drug-likeness (QED) is 0.562. The van der Waals surface area contributed by atoms with E-state index in [4.69, 9.17) is 0 Å². The van der Waals surface area contributed by atoms with E-state index in [9.17, 15) is 14.3 Å². The second kappa shape index (κ2) is 7.64. The summed E-state index contributed by atoms with van der Waals surface area (Å²) in [5.74, 6) is -0.198. The molecule has 7 heteroatoms. The van der Waals surface area contributed by atoms with Gasteiger partial charge in [0.1, 0.15) is 5.82 Å². The topological polar surface area (TPSA) is 65.5 Å². The number of aliphatic imine (C=N–C) groups is 1. The molecule has 0 amide bonds. The average molecular weight is 415 g/mol. The largest absolute Gasteiger partial charge is 0.479 e. The number of H-pyrrole nitrogens is 1. The van der Waals surface area contributed by atoms with E-state index in [0.29, 0.717) is 17.0 Å². The van der Waals surface area contributed by atoms with Crippen LogP contribution in [0.1, 0.15) is 11.3 Å². The Kier molecular flexibility index (Phi) is 5.21. The van der Waals surface area contributed by atoms with Crippen LogP contribution in [-0.2, 0) is 11.2 Å². The van der Waals surface area contributed by atoms with Crippen LogP contribution in [0.15, 0.2) is 58.4 Å². The summed E-state index contributed by atoms with van der Waals surface area (Å²) in [5, 5.41) is 11.6. The van der Waals surface area contributed by atoms with Crippen molar-refractivity contribution in [2.75, 3.05) is 11.5 Å². The first kappa shape index (κ1) is 19.1. The maximum absolute atomic E-state index is 13.4. The molecule has 0 saturated carbocycles. The van der Waals surface area contributed by atoms with Gasteiger partial charge in [0, 0.05) is 34.0 Å². The molecule has 2 aromatic carbocycles. The fourth-order valence-corrected chi connectivity index (χ4v) is 5.52. The molecule has 1 unspecified atom stereocenters. The highest BCUT2D eigenvalue weighted by Crippen LogP contribution is 2.34. The van der Waals surface area contributed by atoms with Gasteiger partial charge in [0.05, 0.1) is 5.04 Å². The van der Waals surface area contributed by atoms with Crippen LogP contribution in [0.2, 0.25) is 0 Å². The Balaban J connectivity index is 1.53. The van der Waals surface area contributed by atoms with Crippen LogP contribution in [0.25, 0.3) is 10.9 Å². The molecule has 4 rings (SSSR count). The number of carbonyl (C=O) groups is 1. The maximum atomic E-state index is 13.4. The lowest BCUT2D eigenvalue weighted by atomic mass is 9.96. The van der Waals surface area contributed by atoms with Crippen LogP contribution in [0.4, 0.5) is 4.39 Å². The van der Waals surface area contributed by atoms with Gasteiger partial charge in [0.25, 0.3) is 0 Å². The number of hydrogen-bond donors (Lipinski definition) is 2. The van der Waals surface area contributed by atoms with E-state index in [0.717, 1.165) is 21.0 Å². The van der Waals surface area contributed by atoms with Gasteiger partial charge in [-0.25, -0.2) is 9.18 Å². The molecule has 1 aromatic heterocycles.